The Labute approximate surface area is 182 Å². The van der Waals surface area contributed by atoms with E-state index < -0.39 is 5.97 Å². The zero-order valence-corrected chi connectivity index (χ0v) is 18.6. The summed E-state index contributed by atoms with van der Waals surface area (Å²) in [6.07, 6.45) is 2.21. The second-order valence-corrected chi connectivity index (χ2v) is 8.50. The van der Waals surface area contributed by atoms with E-state index in [1.807, 2.05) is 22.6 Å². The standard InChI is InChI=1S/C10H9ClINO.C7H4ClIO2/c11-6-1-4-8(9(12)5-6)10(14)13-7-2-3-7;8-4-1-2-5(7(10)11)6(9)3-4/h1,4-5,7H,2-3H2,(H,13,14);1-3H,(H,10,11). The molecule has 2 aromatic rings. The molecule has 132 valence electrons. The summed E-state index contributed by atoms with van der Waals surface area (Å²) in [5, 5.41) is 12.8. The Bertz CT molecular complexity index is 810. The molecule has 0 saturated heterocycles. The van der Waals surface area contributed by atoms with Crippen molar-refractivity contribution < 1.29 is 14.7 Å². The smallest absolute Gasteiger partial charge is 0.336 e. The number of rotatable bonds is 3. The average molecular weight is 604 g/mol. The number of nitrogens with one attached hydrogen (secondary N) is 1. The number of carboxylic acid groups (broad SMARTS) is 1. The van der Waals surface area contributed by atoms with E-state index in [4.69, 9.17) is 28.3 Å². The fourth-order valence-corrected chi connectivity index (χ4v) is 4.05. The minimum absolute atomic E-state index is 0.00793. The molecule has 0 radical (unpaired) electrons. The molecule has 0 aromatic heterocycles. The van der Waals surface area contributed by atoms with Crippen LogP contribution in [0.2, 0.25) is 10.0 Å². The van der Waals surface area contributed by atoms with Crippen molar-refractivity contribution in [2.75, 3.05) is 0 Å². The van der Waals surface area contributed by atoms with Gasteiger partial charge in [-0.25, -0.2) is 4.79 Å². The number of hydrogen-bond acceptors (Lipinski definition) is 2. The van der Waals surface area contributed by atoms with Gasteiger partial charge in [0.1, 0.15) is 0 Å². The normalized spacial score (nSPS) is 12.8. The zero-order valence-electron chi connectivity index (χ0n) is 12.7. The first-order chi connectivity index (χ1) is 11.8. The van der Waals surface area contributed by atoms with Gasteiger partial charge in [-0.3, -0.25) is 4.79 Å². The highest BCUT2D eigenvalue weighted by Crippen LogP contribution is 2.22. The van der Waals surface area contributed by atoms with Crippen LogP contribution in [0.15, 0.2) is 36.4 Å². The van der Waals surface area contributed by atoms with E-state index in [2.05, 4.69) is 27.9 Å². The summed E-state index contributed by atoms with van der Waals surface area (Å²) in [6, 6.07) is 10.4. The third-order valence-electron chi connectivity index (χ3n) is 3.25. The molecule has 25 heavy (non-hydrogen) atoms. The van der Waals surface area contributed by atoms with E-state index in [0.717, 1.165) is 16.4 Å². The van der Waals surface area contributed by atoms with Crippen LogP contribution in [0.3, 0.4) is 0 Å². The number of amides is 1. The van der Waals surface area contributed by atoms with Crippen molar-refractivity contribution in [2.24, 2.45) is 0 Å². The molecule has 0 unspecified atom stereocenters. The summed E-state index contributed by atoms with van der Waals surface area (Å²) in [5.74, 6) is -0.917. The van der Waals surface area contributed by atoms with Gasteiger partial charge in [-0.05, 0) is 94.4 Å². The zero-order chi connectivity index (χ0) is 18.6. The molecule has 2 N–H and O–H groups in total. The molecule has 1 aliphatic rings. The van der Waals surface area contributed by atoms with Gasteiger partial charge in [0.25, 0.3) is 5.91 Å². The van der Waals surface area contributed by atoms with Gasteiger partial charge in [0.05, 0.1) is 11.1 Å². The van der Waals surface area contributed by atoms with Crippen molar-refractivity contribution >= 4 is 80.3 Å². The Hall–Kier alpha value is -0.580. The third kappa shape index (κ3) is 6.58. The minimum Gasteiger partial charge on any atom is -0.478 e. The fourth-order valence-electron chi connectivity index (χ4n) is 1.83. The second-order valence-electron chi connectivity index (χ2n) is 5.30. The Morgan fingerprint density at radius 3 is 1.84 bits per heavy atom. The summed E-state index contributed by atoms with van der Waals surface area (Å²) in [7, 11) is 0. The number of carboxylic acids is 1. The number of hydrogen-bond donors (Lipinski definition) is 2. The summed E-state index contributed by atoms with van der Waals surface area (Å²) in [6.45, 7) is 0. The highest BCUT2D eigenvalue weighted by molar-refractivity contribution is 14.1. The first-order valence-electron chi connectivity index (χ1n) is 7.22. The topological polar surface area (TPSA) is 66.4 Å². The Morgan fingerprint density at radius 1 is 0.960 bits per heavy atom. The van der Waals surface area contributed by atoms with Gasteiger partial charge in [0, 0.05) is 23.2 Å². The van der Waals surface area contributed by atoms with Crippen LogP contribution < -0.4 is 5.32 Å². The van der Waals surface area contributed by atoms with Gasteiger partial charge in [-0.2, -0.15) is 0 Å². The van der Waals surface area contributed by atoms with Crippen LogP contribution in [0.1, 0.15) is 33.6 Å². The second kappa shape index (κ2) is 9.38. The van der Waals surface area contributed by atoms with Gasteiger partial charge in [-0.15, -0.1) is 0 Å². The number of aromatic carboxylic acids is 1. The predicted octanol–water partition coefficient (Wildman–Crippen LogP) is 5.48. The van der Waals surface area contributed by atoms with Crippen molar-refractivity contribution in [3.05, 3.63) is 64.7 Å². The molecule has 1 saturated carbocycles. The van der Waals surface area contributed by atoms with Gasteiger partial charge in [0.2, 0.25) is 0 Å². The molecule has 1 amide bonds. The number of carbonyl (C=O) groups excluding carboxylic acids is 1. The van der Waals surface area contributed by atoms with Gasteiger partial charge >= 0.3 is 5.97 Å². The third-order valence-corrected chi connectivity index (χ3v) is 5.51. The molecule has 2 aromatic carbocycles. The molecule has 3 rings (SSSR count). The number of carbonyl (C=O) groups is 2. The molecule has 0 atom stereocenters. The lowest BCUT2D eigenvalue weighted by Crippen LogP contribution is -2.26. The lowest BCUT2D eigenvalue weighted by atomic mass is 10.2. The van der Waals surface area contributed by atoms with Crippen LogP contribution in [-0.2, 0) is 0 Å². The minimum atomic E-state index is -0.925. The average Bonchev–Trinajstić information content (AvgIpc) is 3.31. The maximum Gasteiger partial charge on any atom is 0.336 e. The van der Waals surface area contributed by atoms with E-state index in [1.54, 1.807) is 30.3 Å². The fraction of sp³-hybridized carbons (Fsp3) is 0.176. The molecule has 1 fully saturated rings. The molecule has 0 bridgehead atoms. The van der Waals surface area contributed by atoms with Crippen molar-refractivity contribution in [2.45, 2.75) is 18.9 Å². The van der Waals surface area contributed by atoms with Crippen LogP contribution in [0.4, 0.5) is 0 Å². The maximum atomic E-state index is 11.7. The van der Waals surface area contributed by atoms with Crippen LogP contribution >= 0.6 is 68.4 Å². The number of benzene rings is 2. The van der Waals surface area contributed by atoms with Gasteiger partial charge in [-0.1, -0.05) is 23.2 Å². The summed E-state index contributed by atoms with van der Waals surface area (Å²) >= 11 is 15.5. The largest absolute Gasteiger partial charge is 0.478 e. The lowest BCUT2D eigenvalue weighted by molar-refractivity contribution is 0.0695. The quantitative estimate of drug-likeness (QED) is 0.457. The summed E-state index contributed by atoms with van der Waals surface area (Å²) < 4.78 is 1.55. The van der Waals surface area contributed by atoms with E-state index >= 15 is 0 Å². The molecule has 0 aliphatic heterocycles. The van der Waals surface area contributed by atoms with Crippen LogP contribution in [0.25, 0.3) is 0 Å². The summed E-state index contributed by atoms with van der Waals surface area (Å²) in [5.41, 5.74) is 0.997. The van der Waals surface area contributed by atoms with Crippen molar-refractivity contribution in [1.29, 1.82) is 0 Å². The van der Waals surface area contributed by atoms with Crippen molar-refractivity contribution in [3.63, 3.8) is 0 Å². The molecule has 0 spiro atoms. The van der Waals surface area contributed by atoms with E-state index in [-0.39, 0.29) is 11.5 Å². The highest BCUT2D eigenvalue weighted by Gasteiger charge is 2.24. The maximum absolute atomic E-state index is 11.7. The first kappa shape index (κ1) is 20.7. The van der Waals surface area contributed by atoms with Gasteiger partial charge in [0.15, 0.2) is 0 Å². The van der Waals surface area contributed by atoms with E-state index in [0.29, 0.717) is 25.2 Å². The predicted molar refractivity (Wildman–Crippen MR) is 116 cm³/mol. The van der Waals surface area contributed by atoms with Crippen LogP contribution in [-0.4, -0.2) is 23.0 Å². The van der Waals surface area contributed by atoms with Crippen LogP contribution in [0, 0.1) is 7.14 Å². The van der Waals surface area contributed by atoms with Crippen LogP contribution in [0.5, 0.6) is 0 Å². The Balaban J connectivity index is 0.000000186. The molecule has 0 heterocycles. The lowest BCUT2D eigenvalue weighted by Gasteiger charge is -2.05. The molecule has 4 nitrogen and oxygen atoms in total. The van der Waals surface area contributed by atoms with E-state index in [9.17, 15) is 9.59 Å². The highest BCUT2D eigenvalue weighted by atomic mass is 127. The summed E-state index contributed by atoms with van der Waals surface area (Å²) in [4.78, 5) is 22.2. The molecular weight excluding hydrogens is 591 g/mol. The van der Waals surface area contributed by atoms with E-state index in [1.165, 1.54) is 6.07 Å². The molecular formula is C17H13Cl2I2NO3. The first-order valence-corrected chi connectivity index (χ1v) is 10.1. The Kier molecular flexibility index (Phi) is 7.78. The van der Waals surface area contributed by atoms with Crippen molar-refractivity contribution in [3.8, 4) is 0 Å². The molecule has 8 heteroatoms. The van der Waals surface area contributed by atoms with Gasteiger partial charge < -0.3 is 10.4 Å². The monoisotopic (exact) mass is 603 g/mol. The molecule has 1 aliphatic carbocycles. The number of halogens is 4. The van der Waals surface area contributed by atoms with Crippen molar-refractivity contribution in [1.82, 2.24) is 5.32 Å². The Morgan fingerprint density at radius 2 is 1.44 bits per heavy atom. The SMILES string of the molecule is O=C(NC1CC1)c1ccc(Cl)cc1I.O=C(O)c1ccc(Cl)cc1I.